The van der Waals surface area contributed by atoms with Gasteiger partial charge in [0.25, 0.3) is 0 Å². The number of piperidine rings is 1. The Hall–Kier alpha value is -2.94. The van der Waals surface area contributed by atoms with Crippen LogP contribution in [0, 0.1) is 0 Å². The van der Waals surface area contributed by atoms with Gasteiger partial charge in [0.05, 0.1) is 11.8 Å². The highest BCUT2D eigenvalue weighted by molar-refractivity contribution is 5.94. The second-order valence-electron chi connectivity index (χ2n) is 9.68. The Labute approximate surface area is 207 Å². The summed E-state index contributed by atoms with van der Waals surface area (Å²) in [5.41, 5.74) is 2.85. The predicted molar refractivity (Wildman–Crippen MR) is 138 cm³/mol. The highest BCUT2D eigenvalue weighted by Gasteiger charge is 2.27. The molecule has 4 rings (SSSR count). The Balaban J connectivity index is 1.18. The second kappa shape index (κ2) is 12.2. The van der Waals surface area contributed by atoms with Crippen LogP contribution in [0.15, 0.2) is 54.6 Å². The first-order valence-corrected chi connectivity index (χ1v) is 12.6. The summed E-state index contributed by atoms with van der Waals surface area (Å²) < 4.78 is 0. The van der Waals surface area contributed by atoms with Gasteiger partial charge in [0, 0.05) is 63.8 Å². The average molecular weight is 480 g/mol. The molecule has 2 aliphatic rings. The van der Waals surface area contributed by atoms with Crippen molar-refractivity contribution in [2.24, 2.45) is 0 Å². The maximum absolute atomic E-state index is 12.7. The minimum Gasteiger partial charge on any atom is -0.390 e. The Morgan fingerprint density at radius 2 is 1.51 bits per heavy atom. The molecular formula is C27H37N5O3. The Morgan fingerprint density at radius 3 is 2.26 bits per heavy atom. The van der Waals surface area contributed by atoms with E-state index in [1.165, 1.54) is 0 Å². The van der Waals surface area contributed by atoms with Crippen LogP contribution in [0.1, 0.15) is 26.2 Å². The predicted octanol–water partition coefficient (Wildman–Crippen LogP) is 2.51. The van der Waals surface area contributed by atoms with Gasteiger partial charge < -0.3 is 26.0 Å². The number of aliphatic hydroxyl groups is 1. The number of carbonyl (C=O) groups is 2. The molecule has 0 aliphatic carbocycles. The van der Waals surface area contributed by atoms with E-state index < -0.39 is 6.10 Å². The zero-order valence-corrected chi connectivity index (χ0v) is 20.5. The van der Waals surface area contributed by atoms with Crippen LogP contribution >= 0.6 is 0 Å². The van der Waals surface area contributed by atoms with Crippen molar-refractivity contribution in [3.05, 3.63) is 54.6 Å². The first-order chi connectivity index (χ1) is 17.0. The molecule has 3 amide bonds. The molecule has 2 aromatic carbocycles. The summed E-state index contributed by atoms with van der Waals surface area (Å²) >= 11 is 0. The molecule has 2 atom stereocenters. The van der Waals surface area contributed by atoms with E-state index in [9.17, 15) is 14.7 Å². The third-order valence-electron chi connectivity index (χ3n) is 6.80. The maximum atomic E-state index is 12.7. The molecule has 2 aliphatic heterocycles. The van der Waals surface area contributed by atoms with Crippen molar-refractivity contribution in [1.82, 2.24) is 20.4 Å². The number of para-hydroxylation sites is 1. The number of nitrogens with one attached hydrogen (secondary N) is 3. The van der Waals surface area contributed by atoms with Crippen LogP contribution in [0.25, 0.3) is 11.1 Å². The van der Waals surface area contributed by atoms with E-state index in [1.807, 2.05) is 54.6 Å². The SMILES string of the molecule is CC(=O)NC1CCN(CC(O)CN2CCC(NC(=O)Nc3ccccc3-c3ccccc3)CC2)C1. The molecule has 0 radical (unpaired) electrons. The Kier molecular flexibility index (Phi) is 8.74. The summed E-state index contributed by atoms with van der Waals surface area (Å²) in [6, 6.07) is 18.0. The number of β-amino-alcohol motifs (C(OH)–C–C–N with tert-alkyl or cyclic N) is 1. The third-order valence-corrected chi connectivity index (χ3v) is 6.80. The molecule has 35 heavy (non-hydrogen) atoms. The van der Waals surface area contributed by atoms with Crippen LogP contribution in [0.4, 0.5) is 10.5 Å². The van der Waals surface area contributed by atoms with Crippen LogP contribution in [0.5, 0.6) is 0 Å². The van der Waals surface area contributed by atoms with E-state index in [0.29, 0.717) is 13.1 Å². The van der Waals surface area contributed by atoms with Crippen molar-refractivity contribution in [2.45, 2.75) is 44.4 Å². The lowest BCUT2D eigenvalue weighted by Gasteiger charge is -2.34. The first-order valence-electron chi connectivity index (χ1n) is 12.6. The molecule has 0 saturated carbocycles. The highest BCUT2D eigenvalue weighted by atomic mass is 16.3. The molecule has 4 N–H and O–H groups in total. The molecule has 188 valence electrons. The lowest BCUT2D eigenvalue weighted by atomic mass is 10.0. The summed E-state index contributed by atoms with van der Waals surface area (Å²) in [6.45, 7) is 6.18. The van der Waals surface area contributed by atoms with Gasteiger partial charge in [-0.1, -0.05) is 48.5 Å². The highest BCUT2D eigenvalue weighted by Crippen LogP contribution is 2.27. The van der Waals surface area contributed by atoms with Crippen molar-refractivity contribution in [2.75, 3.05) is 44.6 Å². The molecule has 2 fully saturated rings. The number of carbonyl (C=O) groups excluding carboxylic acids is 2. The number of anilines is 1. The third kappa shape index (κ3) is 7.52. The molecule has 2 heterocycles. The molecule has 0 spiro atoms. The number of amides is 3. The number of hydrogen-bond donors (Lipinski definition) is 4. The first kappa shape index (κ1) is 25.2. The number of likely N-dealkylation sites (tertiary alicyclic amines) is 2. The fourth-order valence-corrected chi connectivity index (χ4v) is 5.12. The zero-order chi connectivity index (χ0) is 24.6. The number of rotatable bonds is 8. The number of urea groups is 1. The molecule has 8 nitrogen and oxygen atoms in total. The van der Waals surface area contributed by atoms with Gasteiger partial charge in [-0.2, -0.15) is 0 Å². The number of aliphatic hydroxyl groups excluding tert-OH is 1. The van der Waals surface area contributed by atoms with Gasteiger partial charge >= 0.3 is 6.03 Å². The molecular weight excluding hydrogens is 442 g/mol. The topological polar surface area (TPSA) is 96.9 Å². The smallest absolute Gasteiger partial charge is 0.319 e. The van der Waals surface area contributed by atoms with Crippen molar-refractivity contribution in [3.63, 3.8) is 0 Å². The van der Waals surface area contributed by atoms with Crippen LogP contribution in [0.2, 0.25) is 0 Å². The fourth-order valence-electron chi connectivity index (χ4n) is 5.12. The number of hydrogen-bond acceptors (Lipinski definition) is 5. The van der Waals surface area contributed by atoms with Gasteiger partial charge in [0.1, 0.15) is 0 Å². The lowest BCUT2D eigenvalue weighted by Crippen LogP contribution is -2.48. The van der Waals surface area contributed by atoms with E-state index in [2.05, 4.69) is 25.8 Å². The summed E-state index contributed by atoms with van der Waals surface area (Å²) in [5, 5.41) is 19.7. The molecule has 2 unspecified atom stereocenters. The summed E-state index contributed by atoms with van der Waals surface area (Å²) in [6.07, 6.45) is 2.22. The molecule has 0 aromatic heterocycles. The van der Waals surface area contributed by atoms with E-state index in [0.717, 1.165) is 62.3 Å². The van der Waals surface area contributed by atoms with Crippen molar-refractivity contribution in [1.29, 1.82) is 0 Å². The van der Waals surface area contributed by atoms with Crippen LogP contribution < -0.4 is 16.0 Å². The van der Waals surface area contributed by atoms with Crippen molar-refractivity contribution in [3.8, 4) is 11.1 Å². The summed E-state index contributed by atoms with van der Waals surface area (Å²) in [4.78, 5) is 28.4. The molecule has 0 bridgehead atoms. The molecule has 8 heteroatoms. The lowest BCUT2D eigenvalue weighted by molar-refractivity contribution is -0.119. The largest absolute Gasteiger partial charge is 0.390 e. The summed E-state index contributed by atoms with van der Waals surface area (Å²) in [7, 11) is 0. The fraction of sp³-hybridized carbons (Fsp3) is 0.481. The number of benzene rings is 2. The van der Waals surface area contributed by atoms with E-state index in [4.69, 9.17) is 0 Å². The Morgan fingerprint density at radius 1 is 0.886 bits per heavy atom. The maximum Gasteiger partial charge on any atom is 0.319 e. The Bertz CT molecular complexity index is 978. The van der Waals surface area contributed by atoms with Gasteiger partial charge in [-0.05, 0) is 30.9 Å². The van der Waals surface area contributed by atoms with Crippen LogP contribution in [-0.4, -0.2) is 84.3 Å². The van der Waals surface area contributed by atoms with Crippen molar-refractivity contribution < 1.29 is 14.7 Å². The van der Waals surface area contributed by atoms with Crippen LogP contribution in [-0.2, 0) is 4.79 Å². The van der Waals surface area contributed by atoms with E-state index >= 15 is 0 Å². The van der Waals surface area contributed by atoms with E-state index in [-0.39, 0.29) is 24.0 Å². The monoisotopic (exact) mass is 479 g/mol. The van der Waals surface area contributed by atoms with Crippen LogP contribution in [0.3, 0.4) is 0 Å². The quantitative estimate of drug-likeness (QED) is 0.467. The van der Waals surface area contributed by atoms with Gasteiger partial charge in [-0.3, -0.25) is 9.69 Å². The van der Waals surface area contributed by atoms with E-state index in [1.54, 1.807) is 6.92 Å². The molecule has 2 saturated heterocycles. The molecule has 2 aromatic rings. The normalized spacial score (nSPS) is 20.3. The van der Waals surface area contributed by atoms with Gasteiger partial charge in [0.15, 0.2) is 0 Å². The summed E-state index contributed by atoms with van der Waals surface area (Å²) in [5.74, 6) is 0.00274. The van der Waals surface area contributed by atoms with Gasteiger partial charge in [-0.15, -0.1) is 0 Å². The standard InChI is InChI=1S/C27H37N5O3/c1-20(33)28-23-13-16-32(17-23)19-24(34)18-31-14-11-22(12-15-31)29-27(35)30-26-10-6-5-9-25(26)21-7-3-2-4-8-21/h2-10,22-24,34H,11-19H2,1H3,(H,28,33)(H2,29,30,35). The average Bonchev–Trinajstić information content (AvgIpc) is 3.27. The zero-order valence-electron chi connectivity index (χ0n) is 20.5. The van der Waals surface area contributed by atoms with Crippen molar-refractivity contribution >= 4 is 17.6 Å². The minimum atomic E-state index is -0.423. The van der Waals surface area contributed by atoms with Gasteiger partial charge in [0.2, 0.25) is 5.91 Å². The minimum absolute atomic E-state index is 0.00274. The second-order valence-corrected chi connectivity index (χ2v) is 9.68. The van der Waals surface area contributed by atoms with Gasteiger partial charge in [-0.25, -0.2) is 4.79 Å². The number of nitrogens with zero attached hydrogens (tertiary/aromatic N) is 2.